The third-order valence-corrected chi connectivity index (χ3v) is 3.80. The Kier molecular flexibility index (Phi) is 5.85. The minimum absolute atomic E-state index is 0.0928. The van der Waals surface area contributed by atoms with Crippen molar-refractivity contribution in [1.29, 1.82) is 0 Å². The second kappa shape index (κ2) is 7.64. The van der Waals surface area contributed by atoms with Gasteiger partial charge in [-0.25, -0.2) is 0 Å². The van der Waals surface area contributed by atoms with Crippen LogP contribution in [0.15, 0.2) is 36.5 Å². The molecule has 1 atom stereocenters. The van der Waals surface area contributed by atoms with Gasteiger partial charge in [0.1, 0.15) is 5.75 Å². The number of hydrogen-bond donors (Lipinski definition) is 1. The highest BCUT2D eigenvalue weighted by atomic mass is 35.5. The zero-order valence-corrected chi connectivity index (χ0v) is 13.6. The van der Waals surface area contributed by atoms with Crippen molar-refractivity contribution in [3.05, 3.63) is 57.8 Å². The number of rotatable bonds is 6. The van der Waals surface area contributed by atoms with Gasteiger partial charge >= 0.3 is 0 Å². The van der Waals surface area contributed by atoms with Gasteiger partial charge in [-0.2, -0.15) is 0 Å². The standard InChI is InChI=1S/C16H18Cl2N2O/c1-3-8-19-15(16-13(18)5-4-9-20-16)11-6-7-12(17)14(10-11)21-2/h4-7,9-10,15,19H,3,8H2,1-2H3. The lowest BCUT2D eigenvalue weighted by atomic mass is 10.0. The minimum Gasteiger partial charge on any atom is -0.495 e. The van der Waals surface area contributed by atoms with E-state index in [2.05, 4.69) is 17.2 Å². The summed E-state index contributed by atoms with van der Waals surface area (Å²) in [5.74, 6) is 0.643. The number of benzene rings is 1. The van der Waals surface area contributed by atoms with Crippen LogP contribution < -0.4 is 10.1 Å². The Morgan fingerprint density at radius 3 is 2.71 bits per heavy atom. The van der Waals surface area contributed by atoms with E-state index >= 15 is 0 Å². The number of halogens is 2. The molecule has 0 aliphatic heterocycles. The van der Waals surface area contributed by atoms with Gasteiger partial charge in [0.05, 0.1) is 28.9 Å². The Balaban J connectivity index is 2.43. The third kappa shape index (κ3) is 3.88. The van der Waals surface area contributed by atoms with Crippen molar-refractivity contribution in [1.82, 2.24) is 10.3 Å². The molecule has 0 bridgehead atoms. The van der Waals surface area contributed by atoms with Crippen LogP contribution in [0.4, 0.5) is 0 Å². The van der Waals surface area contributed by atoms with E-state index in [0.29, 0.717) is 15.8 Å². The first-order chi connectivity index (χ1) is 10.2. The summed E-state index contributed by atoms with van der Waals surface area (Å²) >= 11 is 12.4. The first kappa shape index (κ1) is 16.1. The normalized spacial score (nSPS) is 12.2. The molecule has 0 aliphatic rings. The predicted octanol–water partition coefficient (Wildman–Crippen LogP) is 4.49. The molecule has 1 aromatic heterocycles. The molecule has 1 unspecified atom stereocenters. The molecule has 1 N–H and O–H groups in total. The molecule has 2 aromatic rings. The molecule has 0 radical (unpaired) electrons. The Hall–Kier alpha value is -1.29. The van der Waals surface area contributed by atoms with Crippen LogP contribution in [-0.2, 0) is 0 Å². The number of pyridine rings is 1. The Morgan fingerprint density at radius 2 is 2.05 bits per heavy atom. The number of aromatic nitrogens is 1. The van der Waals surface area contributed by atoms with Crippen molar-refractivity contribution in [2.45, 2.75) is 19.4 Å². The lowest BCUT2D eigenvalue weighted by Crippen LogP contribution is -2.24. The fourth-order valence-electron chi connectivity index (χ4n) is 2.13. The molecule has 3 nitrogen and oxygen atoms in total. The summed E-state index contributed by atoms with van der Waals surface area (Å²) < 4.78 is 5.29. The first-order valence-corrected chi connectivity index (χ1v) is 7.60. The van der Waals surface area contributed by atoms with Crippen LogP contribution in [0.5, 0.6) is 5.75 Å². The number of nitrogens with one attached hydrogen (secondary N) is 1. The largest absolute Gasteiger partial charge is 0.495 e. The van der Waals surface area contributed by atoms with Crippen molar-refractivity contribution in [3.8, 4) is 5.75 Å². The highest BCUT2D eigenvalue weighted by Crippen LogP contribution is 2.32. The Labute approximate surface area is 135 Å². The highest BCUT2D eigenvalue weighted by Gasteiger charge is 2.19. The quantitative estimate of drug-likeness (QED) is 0.850. The van der Waals surface area contributed by atoms with E-state index in [4.69, 9.17) is 27.9 Å². The summed E-state index contributed by atoms with van der Waals surface area (Å²) in [5.41, 5.74) is 1.82. The summed E-state index contributed by atoms with van der Waals surface area (Å²) in [4.78, 5) is 4.42. The summed E-state index contributed by atoms with van der Waals surface area (Å²) in [6.45, 7) is 2.98. The molecule has 1 aromatic carbocycles. The topological polar surface area (TPSA) is 34.1 Å². The zero-order valence-electron chi connectivity index (χ0n) is 12.1. The summed E-state index contributed by atoms with van der Waals surface area (Å²) in [7, 11) is 1.60. The van der Waals surface area contributed by atoms with Gasteiger partial charge in [-0.3, -0.25) is 4.98 Å². The maximum absolute atomic E-state index is 6.29. The minimum atomic E-state index is -0.0928. The van der Waals surface area contributed by atoms with Gasteiger partial charge in [0.15, 0.2) is 0 Å². The van der Waals surface area contributed by atoms with E-state index in [1.165, 1.54) is 0 Å². The van der Waals surface area contributed by atoms with Crippen LogP contribution in [0.2, 0.25) is 10.0 Å². The Bertz CT molecular complexity index is 605. The van der Waals surface area contributed by atoms with Crippen LogP contribution in [0.25, 0.3) is 0 Å². The summed E-state index contributed by atoms with van der Waals surface area (Å²) in [5, 5.41) is 4.69. The average Bonchev–Trinajstić information content (AvgIpc) is 2.50. The molecule has 0 fully saturated rings. The van der Waals surface area contributed by atoms with Crippen molar-refractivity contribution < 1.29 is 4.74 Å². The van der Waals surface area contributed by atoms with E-state index < -0.39 is 0 Å². The van der Waals surface area contributed by atoms with Gasteiger partial charge in [-0.05, 0) is 42.8 Å². The average molecular weight is 325 g/mol. The van der Waals surface area contributed by atoms with Crippen molar-refractivity contribution in [3.63, 3.8) is 0 Å². The molecule has 0 spiro atoms. The maximum Gasteiger partial charge on any atom is 0.137 e. The number of ether oxygens (including phenoxy) is 1. The fraction of sp³-hybridized carbons (Fsp3) is 0.312. The lowest BCUT2D eigenvalue weighted by Gasteiger charge is -2.20. The van der Waals surface area contributed by atoms with Crippen molar-refractivity contribution in [2.24, 2.45) is 0 Å². The van der Waals surface area contributed by atoms with Crippen LogP contribution in [0, 0.1) is 0 Å². The van der Waals surface area contributed by atoms with Crippen molar-refractivity contribution in [2.75, 3.05) is 13.7 Å². The lowest BCUT2D eigenvalue weighted by molar-refractivity contribution is 0.413. The van der Waals surface area contributed by atoms with E-state index in [-0.39, 0.29) is 6.04 Å². The van der Waals surface area contributed by atoms with Gasteiger partial charge in [0, 0.05) is 6.20 Å². The molecule has 1 heterocycles. The van der Waals surface area contributed by atoms with Gasteiger partial charge in [-0.15, -0.1) is 0 Å². The Morgan fingerprint density at radius 1 is 1.24 bits per heavy atom. The monoisotopic (exact) mass is 324 g/mol. The molecular formula is C16H18Cl2N2O. The second-order valence-electron chi connectivity index (χ2n) is 4.65. The van der Waals surface area contributed by atoms with Gasteiger partial charge in [0.25, 0.3) is 0 Å². The molecule has 21 heavy (non-hydrogen) atoms. The fourth-order valence-corrected chi connectivity index (χ4v) is 2.55. The molecule has 0 saturated heterocycles. The van der Waals surface area contributed by atoms with Crippen LogP contribution in [0.1, 0.15) is 30.6 Å². The molecule has 112 valence electrons. The number of methoxy groups -OCH3 is 1. The van der Waals surface area contributed by atoms with Crippen LogP contribution in [-0.4, -0.2) is 18.6 Å². The van der Waals surface area contributed by atoms with Gasteiger partial charge in [0.2, 0.25) is 0 Å². The second-order valence-corrected chi connectivity index (χ2v) is 5.47. The molecule has 5 heteroatoms. The number of nitrogens with zero attached hydrogens (tertiary/aromatic N) is 1. The smallest absolute Gasteiger partial charge is 0.137 e. The van der Waals surface area contributed by atoms with Gasteiger partial charge in [-0.1, -0.05) is 36.2 Å². The molecule has 0 saturated carbocycles. The summed E-state index contributed by atoms with van der Waals surface area (Å²) in [6, 6.07) is 9.28. The molecular weight excluding hydrogens is 307 g/mol. The highest BCUT2D eigenvalue weighted by molar-refractivity contribution is 6.32. The number of hydrogen-bond acceptors (Lipinski definition) is 3. The zero-order chi connectivity index (χ0) is 15.2. The molecule has 2 rings (SSSR count). The van der Waals surface area contributed by atoms with Gasteiger partial charge < -0.3 is 10.1 Å². The van der Waals surface area contributed by atoms with E-state index in [1.54, 1.807) is 13.3 Å². The molecule has 0 amide bonds. The van der Waals surface area contributed by atoms with E-state index in [9.17, 15) is 0 Å². The first-order valence-electron chi connectivity index (χ1n) is 6.84. The van der Waals surface area contributed by atoms with Crippen LogP contribution >= 0.6 is 23.2 Å². The van der Waals surface area contributed by atoms with Crippen LogP contribution in [0.3, 0.4) is 0 Å². The van der Waals surface area contributed by atoms with E-state index in [0.717, 1.165) is 24.2 Å². The third-order valence-electron chi connectivity index (χ3n) is 3.17. The molecule has 0 aliphatic carbocycles. The summed E-state index contributed by atoms with van der Waals surface area (Å²) in [6.07, 6.45) is 2.76. The SMILES string of the molecule is CCCNC(c1ccc(Cl)c(OC)c1)c1ncccc1Cl. The predicted molar refractivity (Wildman–Crippen MR) is 87.4 cm³/mol. The maximum atomic E-state index is 6.29. The van der Waals surface area contributed by atoms with E-state index in [1.807, 2.05) is 30.3 Å². The van der Waals surface area contributed by atoms with Crippen molar-refractivity contribution >= 4 is 23.2 Å².